The fourth-order valence-electron chi connectivity index (χ4n) is 1.44. The summed E-state index contributed by atoms with van der Waals surface area (Å²) in [7, 11) is 0. The molecule has 0 saturated carbocycles. The van der Waals surface area contributed by atoms with E-state index in [4.69, 9.17) is 5.11 Å². The summed E-state index contributed by atoms with van der Waals surface area (Å²) in [6.45, 7) is -0.243. The molecule has 2 aromatic rings. The summed E-state index contributed by atoms with van der Waals surface area (Å²) < 4.78 is 13.2. The Balaban J connectivity index is 2.15. The molecular formula is C14H11FN2OS. The van der Waals surface area contributed by atoms with Gasteiger partial charge in [0, 0.05) is 23.7 Å². The van der Waals surface area contributed by atoms with Crippen molar-refractivity contribution in [3.05, 3.63) is 53.7 Å². The van der Waals surface area contributed by atoms with Crippen LogP contribution in [0.15, 0.2) is 41.8 Å². The highest BCUT2D eigenvalue weighted by Gasteiger charge is 2.04. The van der Waals surface area contributed by atoms with Crippen molar-refractivity contribution in [3.63, 3.8) is 0 Å². The largest absolute Gasteiger partial charge is 0.384 e. The summed E-state index contributed by atoms with van der Waals surface area (Å²) in [6, 6.07) is 4.46. The van der Waals surface area contributed by atoms with Crippen LogP contribution in [0.3, 0.4) is 0 Å². The molecule has 0 atom stereocenters. The smallest absolute Gasteiger partial charge is 0.124 e. The Bertz CT molecular complexity index is 608. The zero-order valence-corrected chi connectivity index (χ0v) is 10.8. The van der Waals surface area contributed by atoms with Gasteiger partial charge in [-0.1, -0.05) is 17.9 Å². The van der Waals surface area contributed by atoms with Crippen LogP contribution in [0.1, 0.15) is 11.1 Å². The van der Waals surface area contributed by atoms with E-state index in [1.807, 2.05) is 0 Å². The number of hydrogen-bond acceptors (Lipinski definition) is 4. The molecule has 1 heterocycles. The van der Waals surface area contributed by atoms with Gasteiger partial charge in [0.15, 0.2) is 0 Å². The molecule has 1 aromatic carbocycles. The van der Waals surface area contributed by atoms with Gasteiger partial charge in [-0.3, -0.25) is 4.98 Å². The molecule has 0 aliphatic heterocycles. The molecule has 0 unspecified atom stereocenters. The van der Waals surface area contributed by atoms with E-state index in [1.165, 1.54) is 23.9 Å². The first-order valence-corrected chi connectivity index (χ1v) is 6.55. The Labute approximate surface area is 114 Å². The lowest BCUT2D eigenvalue weighted by atomic mass is 10.1. The average Bonchev–Trinajstić information content (AvgIpc) is 2.45. The summed E-state index contributed by atoms with van der Waals surface area (Å²) in [6.07, 6.45) is 4.91. The fraction of sp³-hybridized carbons (Fsp3) is 0.143. The van der Waals surface area contributed by atoms with Crippen molar-refractivity contribution in [1.82, 2.24) is 9.97 Å². The number of rotatable bonds is 3. The first-order valence-electron chi connectivity index (χ1n) is 5.56. The van der Waals surface area contributed by atoms with Crippen LogP contribution in [-0.4, -0.2) is 21.7 Å². The number of hydrogen-bond donors (Lipinski definition) is 1. The maximum atomic E-state index is 13.2. The van der Waals surface area contributed by atoms with Crippen LogP contribution in [0.5, 0.6) is 0 Å². The van der Waals surface area contributed by atoms with Gasteiger partial charge in [0.2, 0.25) is 0 Å². The molecule has 0 aliphatic rings. The molecule has 2 rings (SSSR count). The number of aliphatic hydroxyl groups is 1. The third kappa shape index (κ3) is 4.05. The number of benzene rings is 1. The molecule has 0 amide bonds. The zero-order chi connectivity index (χ0) is 13.5. The molecule has 0 spiro atoms. The maximum Gasteiger partial charge on any atom is 0.124 e. The highest BCUT2D eigenvalue weighted by molar-refractivity contribution is 7.98. The third-order valence-corrected chi connectivity index (χ3v) is 3.25. The number of aromatic nitrogens is 2. The summed E-state index contributed by atoms with van der Waals surface area (Å²) >= 11 is 1.50. The Morgan fingerprint density at radius 1 is 1.32 bits per heavy atom. The Hall–Kier alpha value is -1.90. The van der Waals surface area contributed by atoms with Crippen LogP contribution in [0.25, 0.3) is 0 Å². The molecule has 5 heteroatoms. The van der Waals surface area contributed by atoms with Crippen LogP contribution in [0.2, 0.25) is 0 Å². The van der Waals surface area contributed by atoms with E-state index < -0.39 is 0 Å². The van der Waals surface area contributed by atoms with Gasteiger partial charge in [0.1, 0.15) is 17.5 Å². The second-order valence-corrected chi connectivity index (χ2v) is 4.59. The Morgan fingerprint density at radius 2 is 2.21 bits per heavy atom. The van der Waals surface area contributed by atoms with E-state index in [9.17, 15) is 4.39 Å². The van der Waals surface area contributed by atoms with Crippen LogP contribution >= 0.6 is 11.8 Å². The van der Waals surface area contributed by atoms with Crippen molar-refractivity contribution < 1.29 is 9.50 Å². The minimum Gasteiger partial charge on any atom is -0.384 e. The van der Waals surface area contributed by atoms with Gasteiger partial charge in [-0.25, -0.2) is 9.37 Å². The lowest BCUT2D eigenvalue weighted by Crippen LogP contribution is -1.91. The van der Waals surface area contributed by atoms with Crippen LogP contribution in [0.4, 0.5) is 4.39 Å². The SMILES string of the molecule is OCC#Cc1cc(F)ccc1CSc1cnccn1. The second-order valence-electron chi connectivity index (χ2n) is 3.59. The normalized spacial score (nSPS) is 9.79. The minimum atomic E-state index is -0.338. The van der Waals surface area contributed by atoms with E-state index in [1.54, 1.807) is 24.7 Å². The van der Waals surface area contributed by atoms with E-state index >= 15 is 0 Å². The predicted molar refractivity (Wildman–Crippen MR) is 72.0 cm³/mol. The van der Waals surface area contributed by atoms with Crippen molar-refractivity contribution in [2.75, 3.05) is 6.61 Å². The molecule has 1 N–H and O–H groups in total. The number of thioether (sulfide) groups is 1. The highest BCUT2D eigenvalue weighted by atomic mass is 32.2. The standard InChI is InChI=1S/C14H11FN2OS/c15-13-4-3-12(11(8-13)2-1-7-18)10-19-14-9-16-5-6-17-14/h3-6,8-9,18H,7,10H2. The Morgan fingerprint density at radius 3 is 2.95 bits per heavy atom. The van der Waals surface area contributed by atoms with E-state index in [-0.39, 0.29) is 12.4 Å². The van der Waals surface area contributed by atoms with Gasteiger partial charge in [-0.15, -0.1) is 11.8 Å². The van der Waals surface area contributed by atoms with Crippen LogP contribution in [0, 0.1) is 17.7 Å². The van der Waals surface area contributed by atoms with Gasteiger partial charge in [0.25, 0.3) is 0 Å². The minimum absolute atomic E-state index is 0.243. The molecule has 1 aromatic heterocycles. The van der Waals surface area contributed by atoms with Crippen molar-refractivity contribution in [1.29, 1.82) is 0 Å². The Kier molecular flexibility index (Phi) is 4.90. The van der Waals surface area contributed by atoms with Crippen LogP contribution in [-0.2, 0) is 5.75 Å². The lowest BCUT2D eigenvalue weighted by Gasteiger charge is -2.04. The molecular weight excluding hydrogens is 263 g/mol. The number of aliphatic hydroxyl groups excluding tert-OH is 1. The van der Waals surface area contributed by atoms with Gasteiger partial charge < -0.3 is 5.11 Å². The van der Waals surface area contributed by atoms with Gasteiger partial charge in [-0.2, -0.15) is 0 Å². The average molecular weight is 274 g/mol. The topological polar surface area (TPSA) is 46.0 Å². The van der Waals surface area contributed by atoms with E-state index in [0.29, 0.717) is 11.3 Å². The molecule has 19 heavy (non-hydrogen) atoms. The summed E-state index contributed by atoms with van der Waals surface area (Å²) in [5.41, 5.74) is 1.49. The van der Waals surface area contributed by atoms with Gasteiger partial charge in [0.05, 0.1) is 6.20 Å². The first-order chi connectivity index (χ1) is 9.29. The van der Waals surface area contributed by atoms with Crippen molar-refractivity contribution in [3.8, 4) is 11.8 Å². The predicted octanol–water partition coefficient (Wildman–Crippen LogP) is 2.25. The van der Waals surface area contributed by atoms with Gasteiger partial charge >= 0.3 is 0 Å². The highest BCUT2D eigenvalue weighted by Crippen LogP contribution is 2.22. The van der Waals surface area contributed by atoms with E-state index in [2.05, 4.69) is 21.8 Å². The molecule has 96 valence electrons. The molecule has 0 bridgehead atoms. The number of nitrogens with zero attached hydrogens (tertiary/aromatic N) is 2. The fourth-order valence-corrected chi connectivity index (χ4v) is 2.26. The van der Waals surface area contributed by atoms with Crippen molar-refractivity contribution >= 4 is 11.8 Å². The quantitative estimate of drug-likeness (QED) is 0.689. The third-order valence-electron chi connectivity index (χ3n) is 2.29. The first kappa shape index (κ1) is 13.5. The summed E-state index contributed by atoms with van der Waals surface area (Å²) in [5.74, 6) is 5.56. The maximum absolute atomic E-state index is 13.2. The van der Waals surface area contributed by atoms with Gasteiger partial charge in [-0.05, 0) is 17.7 Å². The monoisotopic (exact) mass is 274 g/mol. The van der Waals surface area contributed by atoms with Crippen molar-refractivity contribution in [2.24, 2.45) is 0 Å². The summed E-state index contributed by atoms with van der Waals surface area (Å²) in [5, 5.41) is 9.50. The van der Waals surface area contributed by atoms with E-state index in [0.717, 1.165) is 10.6 Å². The molecule has 0 radical (unpaired) electrons. The molecule has 0 fully saturated rings. The molecule has 3 nitrogen and oxygen atoms in total. The second kappa shape index (κ2) is 6.88. The summed E-state index contributed by atoms with van der Waals surface area (Å²) in [4.78, 5) is 8.13. The molecule has 0 aliphatic carbocycles. The number of halogens is 1. The van der Waals surface area contributed by atoms with Crippen molar-refractivity contribution in [2.45, 2.75) is 10.8 Å². The lowest BCUT2D eigenvalue weighted by molar-refractivity contribution is 0.350. The van der Waals surface area contributed by atoms with Crippen LogP contribution < -0.4 is 0 Å². The molecule has 0 saturated heterocycles. The zero-order valence-electron chi connectivity index (χ0n) is 10.0.